The van der Waals surface area contributed by atoms with E-state index in [0.717, 1.165) is 5.56 Å². The number of aryl methyl sites for hydroxylation is 1. The van der Waals surface area contributed by atoms with Crippen molar-refractivity contribution in [1.82, 2.24) is 19.5 Å². The van der Waals surface area contributed by atoms with Crippen molar-refractivity contribution in [2.75, 3.05) is 16.0 Å². The van der Waals surface area contributed by atoms with Crippen molar-refractivity contribution in [1.29, 1.82) is 0 Å². The van der Waals surface area contributed by atoms with Crippen LogP contribution in [0.3, 0.4) is 0 Å². The fourth-order valence-electron chi connectivity index (χ4n) is 3.56. The highest BCUT2D eigenvalue weighted by Crippen LogP contribution is 2.32. The van der Waals surface area contributed by atoms with E-state index in [9.17, 15) is 13.2 Å². The summed E-state index contributed by atoms with van der Waals surface area (Å²) >= 11 is 6.36. The zero-order chi connectivity index (χ0) is 27.4. The van der Waals surface area contributed by atoms with Gasteiger partial charge in [0, 0.05) is 18.1 Å². The Labute approximate surface area is 225 Å². The van der Waals surface area contributed by atoms with E-state index in [1.54, 1.807) is 61.4 Å². The van der Waals surface area contributed by atoms with Crippen LogP contribution in [0.2, 0.25) is 5.02 Å². The number of carbonyl (C=O) groups is 1. The van der Waals surface area contributed by atoms with Gasteiger partial charge in [0.2, 0.25) is 11.9 Å². The van der Waals surface area contributed by atoms with Gasteiger partial charge in [-0.3, -0.25) is 4.79 Å². The van der Waals surface area contributed by atoms with Crippen LogP contribution in [0.25, 0.3) is 5.69 Å². The number of hydrogen-bond donors (Lipinski definition) is 3. The normalized spacial score (nSPS) is 11.3. The van der Waals surface area contributed by atoms with Gasteiger partial charge in [0.25, 0.3) is 0 Å². The Morgan fingerprint density at radius 1 is 1.13 bits per heavy atom. The van der Waals surface area contributed by atoms with E-state index in [0.29, 0.717) is 22.7 Å². The smallest absolute Gasteiger partial charge is 0.247 e. The summed E-state index contributed by atoms with van der Waals surface area (Å²) in [5.41, 5.74) is 3.04. The van der Waals surface area contributed by atoms with Crippen LogP contribution in [-0.2, 0) is 14.6 Å². The van der Waals surface area contributed by atoms with Gasteiger partial charge in [-0.05, 0) is 56.7 Å². The van der Waals surface area contributed by atoms with Crippen LogP contribution in [0, 0.1) is 6.92 Å². The molecule has 2 heterocycles. The summed E-state index contributed by atoms with van der Waals surface area (Å²) in [7, 11) is -3.56. The zero-order valence-corrected chi connectivity index (χ0v) is 22.5. The highest BCUT2D eigenvalue weighted by atomic mass is 35.5. The van der Waals surface area contributed by atoms with Crippen molar-refractivity contribution in [3.8, 4) is 5.69 Å². The molecule has 4 aromatic rings. The van der Waals surface area contributed by atoms with Crippen LogP contribution in [0.15, 0.2) is 78.9 Å². The lowest BCUT2D eigenvalue weighted by atomic mass is 10.1. The van der Waals surface area contributed by atoms with Crippen molar-refractivity contribution in [2.45, 2.75) is 30.9 Å². The molecule has 196 valence electrons. The SMILES string of the molecule is C=CC(=O)Nc1cc(Nc2ncc(Cl)c(Nc3ccccc3S(=O)(=O)C(C)C)n2)c(C)cc1-n1ccnc1. The number of amides is 1. The number of rotatable bonds is 9. The van der Waals surface area contributed by atoms with Crippen LogP contribution in [0.4, 0.5) is 28.8 Å². The lowest BCUT2D eigenvalue weighted by Gasteiger charge is -2.17. The van der Waals surface area contributed by atoms with E-state index < -0.39 is 15.1 Å². The van der Waals surface area contributed by atoms with E-state index in [1.807, 2.05) is 13.0 Å². The number of nitrogens with zero attached hydrogens (tertiary/aromatic N) is 4. The lowest BCUT2D eigenvalue weighted by Crippen LogP contribution is -2.15. The van der Waals surface area contributed by atoms with E-state index in [2.05, 4.69) is 37.5 Å². The van der Waals surface area contributed by atoms with Gasteiger partial charge < -0.3 is 20.5 Å². The Balaban J connectivity index is 1.69. The first kappa shape index (κ1) is 26.8. The Bertz CT molecular complexity index is 1600. The predicted molar refractivity (Wildman–Crippen MR) is 149 cm³/mol. The zero-order valence-electron chi connectivity index (χ0n) is 20.9. The Morgan fingerprint density at radius 3 is 2.58 bits per heavy atom. The Morgan fingerprint density at radius 2 is 1.89 bits per heavy atom. The summed E-state index contributed by atoms with van der Waals surface area (Å²) in [6.45, 7) is 8.65. The molecule has 0 unspecified atom stereocenters. The van der Waals surface area contributed by atoms with Crippen molar-refractivity contribution in [3.63, 3.8) is 0 Å². The van der Waals surface area contributed by atoms with Crippen LogP contribution in [0.1, 0.15) is 19.4 Å². The van der Waals surface area contributed by atoms with Crippen molar-refractivity contribution < 1.29 is 13.2 Å². The third-order valence-corrected chi connectivity index (χ3v) is 8.11. The molecular weight excluding hydrogens is 526 g/mol. The molecule has 0 aliphatic heterocycles. The monoisotopic (exact) mass is 551 g/mol. The Kier molecular flexibility index (Phi) is 7.79. The number of imidazole rings is 1. The van der Waals surface area contributed by atoms with Gasteiger partial charge >= 0.3 is 0 Å². The molecule has 12 heteroatoms. The summed E-state index contributed by atoms with van der Waals surface area (Å²) in [5.74, 6) is 0.0643. The molecule has 38 heavy (non-hydrogen) atoms. The molecule has 0 spiro atoms. The highest BCUT2D eigenvalue weighted by Gasteiger charge is 2.23. The van der Waals surface area contributed by atoms with Gasteiger partial charge in [0.05, 0.1) is 39.7 Å². The summed E-state index contributed by atoms with van der Waals surface area (Å²) in [6.07, 6.45) is 7.63. The summed E-state index contributed by atoms with van der Waals surface area (Å²) in [6, 6.07) is 10.2. The highest BCUT2D eigenvalue weighted by molar-refractivity contribution is 7.92. The molecule has 2 aromatic heterocycles. The minimum absolute atomic E-state index is 0.146. The molecule has 0 bridgehead atoms. The number of hydrogen-bond acceptors (Lipinski definition) is 8. The second-order valence-corrected chi connectivity index (χ2v) is 11.5. The van der Waals surface area contributed by atoms with Crippen molar-refractivity contribution in [3.05, 3.63) is 84.6 Å². The first-order valence-electron chi connectivity index (χ1n) is 11.6. The average molecular weight is 552 g/mol. The molecular formula is C26H26ClN7O3S. The van der Waals surface area contributed by atoms with Gasteiger partial charge in [-0.2, -0.15) is 4.98 Å². The second-order valence-electron chi connectivity index (χ2n) is 8.58. The number of aromatic nitrogens is 4. The number of halogens is 1. The molecule has 0 saturated heterocycles. The van der Waals surface area contributed by atoms with Crippen molar-refractivity contribution in [2.24, 2.45) is 0 Å². The first-order chi connectivity index (χ1) is 18.1. The molecule has 4 rings (SSSR count). The largest absolute Gasteiger partial charge is 0.338 e. The molecule has 0 fully saturated rings. The van der Waals surface area contributed by atoms with Crippen LogP contribution in [0.5, 0.6) is 0 Å². The maximum Gasteiger partial charge on any atom is 0.247 e. The van der Waals surface area contributed by atoms with Gasteiger partial charge in [-0.25, -0.2) is 18.4 Å². The Hall–Kier alpha value is -4.22. The van der Waals surface area contributed by atoms with E-state index >= 15 is 0 Å². The third-order valence-electron chi connectivity index (χ3n) is 5.63. The van der Waals surface area contributed by atoms with E-state index in [-0.39, 0.29) is 27.6 Å². The summed E-state index contributed by atoms with van der Waals surface area (Å²) in [5, 5.41) is 8.60. The van der Waals surface area contributed by atoms with Gasteiger partial charge in [0.15, 0.2) is 15.7 Å². The minimum atomic E-state index is -3.56. The van der Waals surface area contributed by atoms with Crippen LogP contribution >= 0.6 is 11.6 Å². The number of anilines is 5. The number of para-hydroxylation sites is 1. The van der Waals surface area contributed by atoms with Crippen molar-refractivity contribution >= 4 is 56.2 Å². The van der Waals surface area contributed by atoms with E-state index in [1.165, 1.54) is 18.3 Å². The van der Waals surface area contributed by atoms with Crippen LogP contribution < -0.4 is 16.0 Å². The lowest BCUT2D eigenvalue weighted by molar-refractivity contribution is -0.111. The van der Waals surface area contributed by atoms with Gasteiger partial charge in [-0.1, -0.05) is 30.3 Å². The second kappa shape index (κ2) is 11.0. The maximum atomic E-state index is 12.9. The first-order valence-corrected chi connectivity index (χ1v) is 13.5. The molecule has 0 aliphatic rings. The fourth-order valence-corrected chi connectivity index (χ4v) is 4.90. The third kappa shape index (κ3) is 5.68. The molecule has 3 N–H and O–H groups in total. The summed E-state index contributed by atoms with van der Waals surface area (Å²) in [4.78, 5) is 25.1. The molecule has 10 nitrogen and oxygen atoms in total. The number of carbonyl (C=O) groups excluding carboxylic acids is 1. The molecule has 1 amide bonds. The maximum absolute atomic E-state index is 12.9. The number of sulfone groups is 1. The number of nitrogens with one attached hydrogen (secondary N) is 3. The average Bonchev–Trinajstić information content (AvgIpc) is 3.42. The molecule has 2 aromatic carbocycles. The van der Waals surface area contributed by atoms with Crippen LogP contribution in [-0.4, -0.2) is 39.1 Å². The minimum Gasteiger partial charge on any atom is -0.338 e. The van der Waals surface area contributed by atoms with E-state index in [4.69, 9.17) is 11.6 Å². The topological polar surface area (TPSA) is 131 Å². The molecule has 0 aliphatic carbocycles. The molecule has 0 atom stereocenters. The fraction of sp³-hybridized carbons (Fsp3) is 0.154. The van der Waals surface area contributed by atoms with Gasteiger partial charge in [0.1, 0.15) is 5.02 Å². The standard InChI is InChI=1S/C26H26ClN7O3S/c1-5-24(35)30-21-13-20(17(4)12-22(21)34-11-10-28-15-34)32-26-29-14-18(27)25(33-26)31-19-8-6-7-9-23(19)38(36,37)16(2)3/h5-16H,1H2,2-4H3,(H,30,35)(H2,29,31,32,33). The summed E-state index contributed by atoms with van der Waals surface area (Å²) < 4.78 is 27.5. The van der Waals surface area contributed by atoms with Gasteiger partial charge in [-0.15, -0.1) is 0 Å². The number of benzene rings is 2. The molecule has 0 saturated carbocycles. The molecule has 0 radical (unpaired) electrons. The quantitative estimate of drug-likeness (QED) is 0.235. The predicted octanol–water partition coefficient (Wildman–Crippen LogP) is 5.42.